The van der Waals surface area contributed by atoms with Crippen molar-refractivity contribution in [2.75, 3.05) is 13.1 Å². The van der Waals surface area contributed by atoms with Crippen LogP contribution in [-0.4, -0.2) is 24.1 Å². The molecular weight excluding hydrogens is 258 g/mol. The second-order valence-electron chi connectivity index (χ2n) is 5.54. The zero-order valence-corrected chi connectivity index (χ0v) is 12.4. The maximum Gasteiger partial charge on any atom is 0.124 e. The Balaban J connectivity index is 1.67. The van der Waals surface area contributed by atoms with Gasteiger partial charge in [-0.25, -0.2) is 0 Å². The van der Waals surface area contributed by atoms with Crippen molar-refractivity contribution in [3.05, 3.63) is 71.8 Å². The standard InChI is InChI=1S/C19H21NO/c1-16-14-20(13-7-10-17-8-3-2-4-9-17)15-18-11-5-6-12-19(18)21-16/h2-12,16H,13-15H2,1H3/b10-7+/t16-/m0/s1. The highest BCUT2D eigenvalue weighted by molar-refractivity contribution is 5.48. The summed E-state index contributed by atoms with van der Waals surface area (Å²) in [5.74, 6) is 1.03. The number of para-hydroxylation sites is 1. The quantitative estimate of drug-likeness (QED) is 0.842. The Morgan fingerprint density at radius 3 is 2.71 bits per heavy atom. The third-order valence-electron chi connectivity index (χ3n) is 3.68. The van der Waals surface area contributed by atoms with Crippen molar-refractivity contribution in [2.45, 2.75) is 19.6 Å². The van der Waals surface area contributed by atoms with Crippen molar-refractivity contribution in [3.8, 4) is 5.75 Å². The van der Waals surface area contributed by atoms with Crippen molar-refractivity contribution in [3.63, 3.8) is 0 Å². The van der Waals surface area contributed by atoms with E-state index in [9.17, 15) is 0 Å². The summed E-state index contributed by atoms with van der Waals surface area (Å²) in [5, 5.41) is 0. The molecule has 1 aliphatic heterocycles. The number of hydrogen-bond donors (Lipinski definition) is 0. The minimum absolute atomic E-state index is 0.221. The van der Waals surface area contributed by atoms with Crippen LogP contribution in [0.1, 0.15) is 18.1 Å². The van der Waals surface area contributed by atoms with Gasteiger partial charge in [-0.15, -0.1) is 0 Å². The predicted molar refractivity (Wildman–Crippen MR) is 87.3 cm³/mol. The van der Waals surface area contributed by atoms with Crippen LogP contribution in [0.15, 0.2) is 60.7 Å². The normalized spacial score (nSPS) is 19.0. The van der Waals surface area contributed by atoms with Gasteiger partial charge >= 0.3 is 0 Å². The molecule has 0 N–H and O–H groups in total. The summed E-state index contributed by atoms with van der Waals surface area (Å²) in [4.78, 5) is 2.43. The molecular formula is C19H21NO. The van der Waals surface area contributed by atoms with E-state index < -0.39 is 0 Å². The number of benzene rings is 2. The predicted octanol–water partition coefficient (Wildman–Crippen LogP) is 3.98. The van der Waals surface area contributed by atoms with Crippen molar-refractivity contribution < 1.29 is 4.74 Å². The van der Waals surface area contributed by atoms with Crippen molar-refractivity contribution in [2.24, 2.45) is 0 Å². The first-order valence-electron chi connectivity index (χ1n) is 7.50. The molecule has 0 aliphatic carbocycles. The molecule has 1 atom stereocenters. The number of ether oxygens (including phenoxy) is 1. The van der Waals surface area contributed by atoms with Gasteiger partial charge in [-0.3, -0.25) is 4.90 Å². The summed E-state index contributed by atoms with van der Waals surface area (Å²) in [6, 6.07) is 18.8. The zero-order chi connectivity index (χ0) is 14.5. The van der Waals surface area contributed by atoms with Gasteiger partial charge in [0.15, 0.2) is 0 Å². The Hall–Kier alpha value is -2.06. The van der Waals surface area contributed by atoms with Crippen LogP contribution in [-0.2, 0) is 6.54 Å². The summed E-state index contributed by atoms with van der Waals surface area (Å²) in [7, 11) is 0. The Morgan fingerprint density at radius 2 is 1.86 bits per heavy atom. The fourth-order valence-electron chi connectivity index (χ4n) is 2.71. The summed E-state index contributed by atoms with van der Waals surface area (Å²) >= 11 is 0. The molecule has 0 radical (unpaired) electrons. The van der Waals surface area contributed by atoms with Crippen LogP contribution < -0.4 is 4.74 Å². The topological polar surface area (TPSA) is 12.5 Å². The lowest BCUT2D eigenvalue weighted by molar-refractivity contribution is 0.170. The monoisotopic (exact) mass is 279 g/mol. The molecule has 0 unspecified atom stereocenters. The lowest BCUT2D eigenvalue weighted by Gasteiger charge is -2.19. The van der Waals surface area contributed by atoms with E-state index >= 15 is 0 Å². The van der Waals surface area contributed by atoms with E-state index in [0.29, 0.717) is 0 Å². The number of rotatable bonds is 3. The Bertz CT molecular complexity index is 606. The van der Waals surface area contributed by atoms with Gasteiger partial charge in [0.1, 0.15) is 11.9 Å². The van der Waals surface area contributed by atoms with Crippen molar-refractivity contribution >= 4 is 6.08 Å². The molecule has 2 aromatic rings. The molecule has 21 heavy (non-hydrogen) atoms. The number of fused-ring (bicyclic) bond motifs is 1. The maximum atomic E-state index is 5.99. The van der Waals surface area contributed by atoms with Crippen LogP contribution in [0, 0.1) is 0 Å². The smallest absolute Gasteiger partial charge is 0.124 e. The van der Waals surface area contributed by atoms with Crippen LogP contribution in [0.3, 0.4) is 0 Å². The van der Waals surface area contributed by atoms with Crippen molar-refractivity contribution in [1.29, 1.82) is 0 Å². The largest absolute Gasteiger partial charge is 0.489 e. The molecule has 1 aliphatic rings. The highest BCUT2D eigenvalue weighted by Crippen LogP contribution is 2.24. The second-order valence-corrected chi connectivity index (χ2v) is 5.54. The van der Waals surface area contributed by atoms with E-state index in [1.165, 1.54) is 11.1 Å². The van der Waals surface area contributed by atoms with Crippen LogP contribution in [0.2, 0.25) is 0 Å². The molecule has 0 amide bonds. The van der Waals surface area contributed by atoms with Crippen molar-refractivity contribution in [1.82, 2.24) is 4.90 Å². The van der Waals surface area contributed by atoms with Crippen LogP contribution in [0.4, 0.5) is 0 Å². The second kappa shape index (κ2) is 6.59. The highest BCUT2D eigenvalue weighted by Gasteiger charge is 2.18. The summed E-state index contributed by atoms with van der Waals surface area (Å²) in [6.07, 6.45) is 4.64. The van der Waals surface area contributed by atoms with Gasteiger partial charge in [0.25, 0.3) is 0 Å². The molecule has 2 heteroatoms. The van der Waals surface area contributed by atoms with Gasteiger partial charge in [0, 0.05) is 25.2 Å². The Labute approximate surface area is 126 Å². The third kappa shape index (κ3) is 3.73. The van der Waals surface area contributed by atoms with Gasteiger partial charge in [-0.1, -0.05) is 60.7 Å². The minimum atomic E-state index is 0.221. The summed E-state index contributed by atoms with van der Waals surface area (Å²) < 4.78 is 5.99. The van der Waals surface area contributed by atoms with Gasteiger partial charge in [0.2, 0.25) is 0 Å². The molecule has 0 aromatic heterocycles. The number of nitrogens with zero attached hydrogens (tertiary/aromatic N) is 1. The Kier molecular flexibility index (Phi) is 4.37. The number of hydrogen-bond acceptors (Lipinski definition) is 2. The van der Waals surface area contributed by atoms with Crippen LogP contribution >= 0.6 is 0 Å². The van der Waals surface area contributed by atoms with Gasteiger partial charge in [-0.2, -0.15) is 0 Å². The molecule has 108 valence electrons. The van der Waals surface area contributed by atoms with E-state index in [1.807, 2.05) is 12.1 Å². The van der Waals surface area contributed by atoms with Gasteiger partial charge < -0.3 is 4.74 Å². The molecule has 0 saturated carbocycles. The fraction of sp³-hybridized carbons (Fsp3) is 0.263. The SMILES string of the molecule is C[C@H]1CN(C/C=C/c2ccccc2)Cc2ccccc2O1. The lowest BCUT2D eigenvalue weighted by atomic mass is 10.2. The van der Waals surface area contributed by atoms with Gasteiger partial charge in [-0.05, 0) is 18.6 Å². The zero-order valence-electron chi connectivity index (χ0n) is 12.4. The molecule has 3 rings (SSSR count). The molecule has 0 fully saturated rings. The molecule has 0 saturated heterocycles. The van der Waals surface area contributed by atoms with Crippen LogP contribution in [0.5, 0.6) is 5.75 Å². The van der Waals surface area contributed by atoms with E-state index in [1.54, 1.807) is 0 Å². The first-order valence-corrected chi connectivity index (χ1v) is 7.50. The maximum absolute atomic E-state index is 5.99. The minimum Gasteiger partial charge on any atom is -0.489 e. The fourth-order valence-corrected chi connectivity index (χ4v) is 2.71. The molecule has 0 bridgehead atoms. The molecule has 0 spiro atoms. The van der Waals surface area contributed by atoms with Crippen LogP contribution in [0.25, 0.3) is 6.08 Å². The first kappa shape index (κ1) is 13.9. The average Bonchev–Trinajstić information content (AvgIpc) is 2.66. The highest BCUT2D eigenvalue weighted by atomic mass is 16.5. The van der Waals surface area contributed by atoms with E-state index in [2.05, 4.69) is 66.4 Å². The summed E-state index contributed by atoms with van der Waals surface area (Å²) in [5.41, 5.74) is 2.52. The summed E-state index contributed by atoms with van der Waals surface area (Å²) in [6.45, 7) is 4.97. The van der Waals surface area contributed by atoms with E-state index in [0.717, 1.165) is 25.4 Å². The van der Waals surface area contributed by atoms with Gasteiger partial charge in [0.05, 0.1) is 0 Å². The Morgan fingerprint density at radius 1 is 1.10 bits per heavy atom. The third-order valence-corrected chi connectivity index (χ3v) is 3.68. The molecule has 2 nitrogen and oxygen atoms in total. The van der Waals surface area contributed by atoms with E-state index in [-0.39, 0.29) is 6.10 Å². The molecule has 2 aromatic carbocycles. The molecule has 1 heterocycles. The van der Waals surface area contributed by atoms with E-state index in [4.69, 9.17) is 4.74 Å². The first-order chi connectivity index (χ1) is 10.3. The lowest BCUT2D eigenvalue weighted by Crippen LogP contribution is -2.31. The average molecular weight is 279 g/mol.